The van der Waals surface area contributed by atoms with Gasteiger partial charge in [0.1, 0.15) is 0 Å². The van der Waals surface area contributed by atoms with Gasteiger partial charge in [-0.25, -0.2) is 0 Å². The third-order valence-electron chi connectivity index (χ3n) is 1.51. The van der Waals surface area contributed by atoms with Crippen molar-refractivity contribution in [2.75, 3.05) is 0 Å². The molecule has 98 valence electrons. The van der Waals surface area contributed by atoms with Crippen molar-refractivity contribution >= 4 is 7.60 Å². The van der Waals surface area contributed by atoms with Gasteiger partial charge in [-0.3, -0.25) is 4.57 Å². The van der Waals surface area contributed by atoms with E-state index in [1.807, 2.05) is 0 Å². The Labute approximate surface area is 119 Å². The van der Waals surface area contributed by atoms with Crippen LogP contribution in [0.4, 0.5) is 0 Å². The van der Waals surface area contributed by atoms with Gasteiger partial charge in [0.2, 0.25) is 0 Å². The largest absolute Gasteiger partial charge is 0.380 e. The molecule has 0 amide bonds. The summed E-state index contributed by atoms with van der Waals surface area (Å²) in [6.07, 6.45) is -8.04. The van der Waals surface area contributed by atoms with Crippen LogP contribution in [0.2, 0.25) is 0 Å². The maximum Gasteiger partial charge on any atom is 0.359 e. The summed E-state index contributed by atoms with van der Waals surface area (Å²) in [4.78, 5) is 0. The van der Waals surface area contributed by atoms with E-state index in [4.69, 9.17) is 19.2 Å². The minimum absolute atomic E-state index is 1.18. The fraction of sp³-hybridized carbons (Fsp3) is 1.00. The van der Waals surface area contributed by atoms with Crippen molar-refractivity contribution < 1.29 is 37.9 Å². The lowest BCUT2D eigenvalue weighted by Gasteiger charge is -2.33. The van der Waals surface area contributed by atoms with Gasteiger partial charge in [0, 0.05) is 16.4 Å². The number of hydrogen-bond acceptors (Lipinski definition) is 4. The summed E-state index contributed by atoms with van der Waals surface area (Å²) < 4.78 is 126. The van der Waals surface area contributed by atoms with Crippen molar-refractivity contribution in [3.8, 4) is 0 Å². The summed E-state index contributed by atoms with van der Waals surface area (Å²) in [7, 11) is -5.82. The van der Waals surface area contributed by atoms with Crippen LogP contribution < -0.4 is 0 Å². The highest BCUT2D eigenvalue weighted by Gasteiger charge is 2.43. The fourth-order valence-corrected chi connectivity index (χ4v) is 2.54. The molecule has 4 nitrogen and oxygen atoms in total. The number of aliphatic hydroxyl groups excluding tert-OH is 1. The third-order valence-corrected chi connectivity index (χ3v) is 3.76. The lowest BCUT2D eigenvalue weighted by atomic mass is 9.98. The highest BCUT2D eigenvalue weighted by molar-refractivity contribution is 7.54. The molecule has 0 spiro atoms. The number of aliphatic hydroxyl groups is 1. The molecule has 0 bridgehead atoms. The van der Waals surface area contributed by atoms with E-state index in [1.54, 1.807) is 0 Å². The molecule has 1 unspecified atom stereocenters. The first-order chi connectivity index (χ1) is 12.6. The third kappa shape index (κ3) is 4.96. The minimum Gasteiger partial charge on any atom is -0.380 e. The molecule has 0 heterocycles. The molecule has 0 saturated heterocycles. The Kier molecular flexibility index (Phi) is 1.53. The summed E-state index contributed by atoms with van der Waals surface area (Å²) in [5.41, 5.74) is -1.58. The second kappa shape index (κ2) is 5.63. The van der Waals surface area contributed by atoms with E-state index in [1.165, 1.54) is 20.8 Å². The Morgan fingerprint density at radius 3 is 1.81 bits per heavy atom. The highest BCUT2D eigenvalue weighted by Crippen LogP contribution is 2.58. The van der Waals surface area contributed by atoms with E-state index in [0.29, 0.717) is 0 Å². The molecule has 0 aliphatic heterocycles. The van der Waals surface area contributed by atoms with Crippen LogP contribution in [-0.4, -0.2) is 23.1 Å². The van der Waals surface area contributed by atoms with Crippen molar-refractivity contribution in [1.82, 2.24) is 0 Å². The quantitative estimate of drug-likeness (QED) is 0.775. The zero-order chi connectivity index (χ0) is 25.0. The van der Waals surface area contributed by atoms with Gasteiger partial charge in [-0.1, -0.05) is 20.8 Å². The van der Waals surface area contributed by atoms with Crippen LogP contribution in [0.1, 0.15) is 67.4 Å². The van der Waals surface area contributed by atoms with Gasteiger partial charge >= 0.3 is 7.60 Å². The molecule has 0 aliphatic carbocycles. The second-order valence-electron chi connectivity index (χ2n) is 4.12. The van der Waals surface area contributed by atoms with Gasteiger partial charge in [0.05, 0.1) is 14.9 Å². The average Bonchev–Trinajstić information content (AvgIpc) is 2.40. The molecule has 0 aromatic heterocycles. The Bertz CT molecular complexity index is 583. The SMILES string of the molecule is [2H]C([2H])([2H])C([2H])(OP(=O)(OC([2H])(C([2H])([2H])[2H])C([2H])([2H])[2H])C(O)C(C)(C)C)C([2H])([2H])[2H]. The molecular formula is C11H25O4P. The molecule has 0 rings (SSSR count). The van der Waals surface area contributed by atoms with Crippen LogP contribution in [0.3, 0.4) is 0 Å². The van der Waals surface area contributed by atoms with Gasteiger partial charge in [-0.15, -0.1) is 0 Å². The summed E-state index contributed by atoms with van der Waals surface area (Å²) >= 11 is 0. The Hall–Kier alpha value is 0.110. The maximum absolute atomic E-state index is 13.4. The van der Waals surface area contributed by atoms with Gasteiger partial charge in [0.25, 0.3) is 0 Å². The van der Waals surface area contributed by atoms with Crippen molar-refractivity contribution in [1.29, 1.82) is 0 Å². The Morgan fingerprint density at radius 1 is 1.19 bits per heavy atom. The van der Waals surface area contributed by atoms with E-state index in [2.05, 4.69) is 9.05 Å². The molecule has 0 radical (unpaired) electrons. The number of rotatable bonds is 5. The van der Waals surface area contributed by atoms with E-state index in [0.717, 1.165) is 0 Å². The summed E-state index contributed by atoms with van der Waals surface area (Å²) in [5.74, 6) is -2.51. The van der Waals surface area contributed by atoms with Gasteiger partial charge < -0.3 is 14.2 Å². The van der Waals surface area contributed by atoms with E-state index < -0.39 is 58.4 Å². The first-order valence-corrected chi connectivity index (χ1v) is 5.87. The molecule has 0 fully saturated rings. The highest BCUT2D eigenvalue weighted by atomic mass is 31.2. The topological polar surface area (TPSA) is 55.8 Å². The van der Waals surface area contributed by atoms with Gasteiger partial charge in [-0.2, -0.15) is 0 Å². The summed E-state index contributed by atoms with van der Waals surface area (Å²) in [6, 6.07) is 0. The summed E-state index contributed by atoms with van der Waals surface area (Å²) in [6.45, 7) is -11.8. The monoisotopic (exact) mass is 266 g/mol. The van der Waals surface area contributed by atoms with Crippen molar-refractivity contribution in [2.24, 2.45) is 5.41 Å². The standard InChI is InChI=1S/C11H25O4P/c1-8(2)14-16(13,15-9(3)4)10(12)11(5,6)7/h8-10,12H,1-7H3/i1D3,2D3,3D3,4D3,8D,9D. The van der Waals surface area contributed by atoms with Crippen LogP contribution in [-0.2, 0) is 13.6 Å². The molecule has 16 heavy (non-hydrogen) atoms. The first kappa shape index (κ1) is 4.34. The van der Waals surface area contributed by atoms with Crippen molar-refractivity contribution in [3.05, 3.63) is 0 Å². The van der Waals surface area contributed by atoms with Gasteiger partial charge in [-0.05, 0) is 32.8 Å². The average molecular weight is 266 g/mol. The minimum atomic E-state index is -5.82. The smallest absolute Gasteiger partial charge is 0.359 e. The van der Waals surface area contributed by atoms with Crippen molar-refractivity contribution in [3.63, 3.8) is 0 Å². The number of hydrogen-bond donors (Lipinski definition) is 1. The predicted octanol–water partition coefficient (Wildman–Crippen LogP) is 3.39. The maximum atomic E-state index is 13.4. The summed E-state index contributed by atoms with van der Waals surface area (Å²) in [5, 5.41) is 10.5. The molecule has 1 atom stereocenters. The molecule has 0 saturated carbocycles. The van der Waals surface area contributed by atoms with E-state index >= 15 is 0 Å². The second-order valence-corrected chi connectivity index (χ2v) is 6.05. The predicted molar refractivity (Wildman–Crippen MR) is 65.5 cm³/mol. The van der Waals surface area contributed by atoms with Crippen LogP contribution in [0, 0.1) is 5.41 Å². The van der Waals surface area contributed by atoms with Crippen LogP contribution >= 0.6 is 7.60 Å². The van der Waals surface area contributed by atoms with Crippen LogP contribution in [0.15, 0.2) is 0 Å². The van der Waals surface area contributed by atoms with E-state index in [-0.39, 0.29) is 0 Å². The first-order valence-electron chi connectivity index (χ1n) is 11.3. The molecule has 0 aromatic carbocycles. The molecule has 1 N–H and O–H groups in total. The van der Waals surface area contributed by atoms with Crippen molar-refractivity contribution in [2.45, 2.75) is 66.2 Å². The molecule has 5 heteroatoms. The van der Waals surface area contributed by atoms with Gasteiger partial charge in [0.15, 0.2) is 5.85 Å². The lowest BCUT2D eigenvalue weighted by Crippen LogP contribution is -2.29. The Balaban J connectivity index is 6.95. The Morgan fingerprint density at radius 2 is 1.56 bits per heavy atom. The molecule has 0 aliphatic rings. The normalized spacial score (nSPS) is 33.2. The molecular weight excluding hydrogens is 227 g/mol. The molecule has 0 aromatic rings. The van der Waals surface area contributed by atoms with Crippen LogP contribution in [0.25, 0.3) is 0 Å². The van der Waals surface area contributed by atoms with Crippen LogP contribution in [0.5, 0.6) is 0 Å². The van der Waals surface area contributed by atoms with E-state index in [9.17, 15) is 9.67 Å². The fourth-order valence-electron chi connectivity index (χ4n) is 0.847. The zero-order valence-corrected chi connectivity index (χ0v) is 10.1. The zero-order valence-electron chi connectivity index (χ0n) is 23.2. The lowest BCUT2D eigenvalue weighted by molar-refractivity contribution is 0.0576.